The highest BCUT2D eigenvalue weighted by molar-refractivity contribution is 6.39. The van der Waals surface area contributed by atoms with Gasteiger partial charge in [-0.2, -0.15) is 0 Å². The first-order chi connectivity index (χ1) is 17.9. The van der Waals surface area contributed by atoms with Gasteiger partial charge in [-0.25, -0.2) is 14.5 Å². The van der Waals surface area contributed by atoms with Gasteiger partial charge in [-0.05, 0) is 72.7 Å². The Kier molecular flexibility index (Phi) is 7.63. The molecule has 9 nitrogen and oxygen atoms in total. The van der Waals surface area contributed by atoms with E-state index < -0.39 is 23.8 Å². The maximum atomic E-state index is 13.1. The van der Waals surface area contributed by atoms with Crippen molar-refractivity contribution in [3.8, 4) is 11.5 Å². The van der Waals surface area contributed by atoms with Crippen molar-refractivity contribution in [1.82, 2.24) is 5.32 Å². The maximum Gasteiger partial charge on any atom is 0.337 e. The molecule has 3 aromatic carbocycles. The number of benzene rings is 3. The highest BCUT2D eigenvalue weighted by Gasteiger charge is 2.36. The third-order valence-electron chi connectivity index (χ3n) is 5.46. The number of urea groups is 1. The zero-order valence-corrected chi connectivity index (χ0v) is 20.2. The number of carbonyl (C=O) groups is 4. The van der Waals surface area contributed by atoms with Gasteiger partial charge >= 0.3 is 12.0 Å². The molecule has 0 atom stereocenters. The molecule has 0 spiro atoms. The largest absolute Gasteiger partial charge is 0.494 e. The van der Waals surface area contributed by atoms with Gasteiger partial charge in [-0.1, -0.05) is 24.3 Å². The van der Waals surface area contributed by atoms with Crippen molar-refractivity contribution in [2.75, 3.05) is 18.6 Å². The minimum atomic E-state index is -0.827. The number of ether oxygens (including phenoxy) is 3. The Morgan fingerprint density at radius 2 is 1.65 bits per heavy atom. The van der Waals surface area contributed by atoms with Crippen molar-refractivity contribution >= 4 is 35.6 Å². The average molecular weight is 501 g/mol. The topological polar surface area (TPSA) is 111 Å². The predicted octanol–water partition coefficient (Wildman–Crippen LogP) is 4.12. The van der Waals surface area contributed by atoms with E-state index in [0.29, 0.717) is 34.9 Å². The fraction of sp³-hybridized carbons (Fsp3) is 0.143. The Hall–Kier alpha value is -4.92. The molecule has 1 aliphatic rings. The number of rotatable bonds is 8. The molecule has 1 fully saturated rings. The Balaban J connectivity index is 1.50. The van der Waals surface area contributed by atoms with Crippen LogP contribution in [0.3, 0.4) is 0 Å². The first-order valence-electron chi connectivity index (χ1n) is 11.4. The van der Waals surface area contributed by atoms with Gasteiger partial charge in [0.05, 0.1) is 25.0 Å². The van der Waals surface area contributed by atoms with Crippen LogP contribution in [0.4, 0.5) is 10.5 Å². The van der Waals surface area contributed by atoms with E-state index in [9.17, 15) is 19.2 Å². The molecule has 1 N–H and O–H groups in total. The van der Waals surface area contributed by atoms with Gasteiger partial charge in [0.25, 0.3) is 11.8 Å². The number of carbonyl (C=O) groups excluding carboxylic acids is 4. The van der Waals surface area contributed by atoms with Gasteiger partial charge < -0.3 is 14.2 Å². The second-order valence-corrected chi connectivity index (χ2v) is 7.93. The zero-order chi connectivity index (χ0) is 26.4. The normalized spacial score (nSPS) is 14.4. The van der Waals surface area contributed by atoms with Crippen LogP contribution < -0.4 is 19.7 Å². The average Bonchev–Trinajstić information content (AvgIpc) is 2.91. The third-order valence-corrected chi connectivity index (χ3v) is 5.46. The van der Waals surface area contributed by atoms with Crippen LogP contribution in [0.2, 0.25) is 0 Å². The molecule has 188 valence electrons. The van der Waals surface area contributed by atoms with Crippen LogP contribution in [0.1, 0.15) is 28.4 Å². The fourth-order valence-electron chi connectivity index (χ4n) is 3.63. The zero-order valence-electron chi connectivity index (χ0n) is 20.2. The molecule has 3 aromatic rings. The highest BCUT2D eigenvalue weighted by atomic mass is 16.5. The van der Waals surface area contributed by atoms with Gasteiger partial charge in [-0.3, -0.25) is 14.9 Å². The summed E-state index contributed by atoms with van der Waals surface area (Å²) in [4.78, 5) is 50.5. The monoisotopic (exact) mass is 500 g/mol. The molecule has 0 unspecified atom stereocenters. The van der Waals surface area contributed by atoms with Crippen LogP contribution in [-0.4, -0.2) is 37.5 Å². The SMILES string of the molecule is CCOc1ccc(N2C(=O)NC(=O)C(=Cc3cccc(OCc4ccc(C(=O)OC)cc4)c3)C2=O)cc1. The van der Waals surface area contributed by atoms with Gasteiger partial charge in [0, 0.05) is 0 Å². The van der Waals surface area contributed by atoms with Crippen molar-refractivity contribution in [2.24, 2.45) is 0 Å². The number of barbiturate groups is 1. The summed E-state index contributed by atoms with van der Waals surface area (Å²) in [6, 6.07) is 19.3. The summed E-state index contributed by atoms with van der Waals surface area (Å²) in [5.74, 6) is -0.838. The Bertz CT molecular complexity index is 1360. The molecule has 0 bridgehead atoms. The summed E-state index contributed by atoms with van der Waals surface area (Å²) in [6.45, 7) is 2.57. The van der Waals surface area contributed by atoms with Gasteiger partial charge in [0.1, 0.15) is 23.7 Å². The molecule has 1 heterocycles. The summed E-state index contributed by atoms with van der Waals surface area (Å²) >= 11 is 0. The van der Waals surface area contributed by atoms with Gasteiger partial charge in [0.2, 0.25) is 0 Å². The Morgan fingerprint density at radius 1 is 0.919 bits per heavy atom. The number of hydrogen-bond acceptors (Lipinski definition) is 7. The summed E-state index contributed by atoms with van der Waals surface area (Å²) in [5, 5.41) is 2.21. The lowest BCUT2D eigenvalue weighted by Crippen LogP contribution is -2.54. The minimum absolute atomic E-state index is 0.191. The van der Waals surface area contributed by atoms with Crippen LogP contribution in [0, 0.1) is 0 Å². The van der Waals surface area contributed by atoms with E-state index in [1.165, 1.54) is 13.2 Å². The van der Waals surface area contributed by atoms with Crippen LogP contribution in [0.25, 0.3) is 6.08 Å². The number of nitrogens with one attached hydrogen (secondary N) is 1. The molecule has 0 aliphatic carbocycles. The molecule has 9 heteroatoms. The summed E-state index contributed by atoms with van der Waals surface area (Å²) in [5.41, 5.74) is 1.93. The number of esters is 1. The Labute approximate surface area is 213 Å². The van der Waals surface area contributed by atoms with E-state index in [2.05, 4.69) is 5.32 Å². The second-order valence-electron chi connectivity index (χ2n) is 7.93. The molecule has 37 heavy (non-hydrogen) atoms. The molecule has 1 saturated heterocycles. The molecular formula is C28H24N2O7. The quantitative estimate of drug-likeness (QED) is 0.281. The molecule has 0 saturated carbocycles. The van der Waals surface area contributed by atoms with Crippen molar-refractivity contribution in [1.29, 1.82) is 0 Å². The standard InChI is InChI=1S/C28H24N2O7/c1-3-36-22-13-11-21(12-14-22)30-26(32)24(25(31)29-28(30)34)16-19-5-4-6-23(15-19)37-17-18-7-9-20(10-8-18)27(33)35-2/h4-16H,3,17H2,1-2H3,(H,29,31,34). The number of anilines is 1. The Morgan fingerprint density at radius 3 is 2.32 bits per heavy atom. The van der Waals surface area contributed by atoms with Crippen molar-refractivity contribution < 1.29 is 33.4 Å². The third kappa shape index (κ3) is 5.84. The maximum absolute atomic E-state index is 13.1. The summed E-state index contributed by atoms with van der Waals surface area (Å²) in [7, 11) is 1.32. The molecule has 0 radical (unpaired) electrons. The molecule has 4 rings (SSSR count). The van der Waals surface area contributed by atoms with Crippen LogP contribution in [-0.2, 0) is 20.9 Å². The number of amides is 4. The lowest BCUT2D eigenvalue weighted by molar-refractivity contribution is -0.122. The number of methoxy groups -OCH3 is 1. The van der Waals surface area contributed by atoms with Crippen molar-refractivity contribution in [3.63, 3.8) is 0 Å². The van der Waals surface area contributed by atoms with Gasteiger partial charge in [-0.15, -0.1) is 0 Å². The van der Waals surface area contributed by atoms with E-state index in [1.54, 1.807) is 72.8 Å². The first-order valence-corrected chi connectivity index (χ1v) is 11.4. The molecular weight excluding hydrogens is 476 g/mol. The number of nitrogens with zero attached hydrogens (tertiary/aromatic N) is 1. The van der Waals surface area contributed by atoms with E-state index in [-0.39, 0.29) is 12.2 Å². The predicted molar refractivity (Wildman–Crippen MR) is 135 cm³/mol. The smallest absolute Gasteiger partial charge is 0.337 e. The lowest BCUT2D eigenvalue weighted by Gasteiger charge is -2.26. The number of imide groups is 2. The fourth-order valence-corrected chi connectivity index (χ4v) is 3.63. The highest BCUT2D eigenvalue weighted by Crippen LogP contribution is 2.25. The molecule has 1 aliphatic heterocycles. The van der Waals surface area contributed by atoms with Gasteiger partial charge in [0.15, 0.2) is 0 Å². The second kappa shape index (κ2) is 11.2. The number of hydrogen-bond donors (Lipinski definition) is 1. The lowest BCUT2D eigenvalue weighted by atomic mass is 10.1. The van der Waals surface area contributed by atoms with E-state index >= 15 is 0 Å². The van der Waals surface area contributed by atoms with Crippen molar-refractivity contribution in [2.45, 2.75) is 13.5 Å². The van der Waals surface area contributed by atoms with Crippen molar-refractivity contribution in [3.05, 3.63) is 95.1 Å². The first kappa shape index (κ1) is 25.2. The van der Waals surface area contributed by atoms with Crippen LogP contribution in [0.15, 0.2) is 78.4 Å². The summed E-state index contributed by atoms with van der Waals surface area (Å²) < 4.78 is 15.9. The van der Waals surface area contributed by atoms with E-state index in [1.807, 2.05) is 6.92 Å². The molecule has 0 aromatic heterocycles. The summed E-state index contributed by atoms with van der Waals surface area (Å²) in [6.07, 6.45) is 1.41. The van der Waals surface area contributed by atoms with Crippen LogP contribution >= 0.6 is 0 Å². The minimum Gasteiger partial charge on any atom is -0.494 e. The van der Waals surface area contributed by atoms with E-state index in [0.717, 1.165) is 10.5 Å². The van der Waals surface area contributed by atoms with Crippen LogP contribution in [0.5, 0.6) is 11.5 Å². The van der Waals surface area contributed by atoms with E-state index in [4.69, 9.17) is 14.2 Å². The molecule has 4 amide bonds.